The van der Waals surface area contributed by atoms with Gasteiger partial charge in [-0.3, -0.25) is 0 Å². The van der Waals surface area contributed by atoms with Crippen molar-refractivity contribution in [2.24, 2.45) is 0 Å². The monoisotopic (exact) mass is 817 g/mol. The van der Waals surface area contributed by atoms with E-state index in [9.17, 15) is 0 Å². The molecule has 0 saturated carbocycles. The summed E-state index contributed by atoms with van der Waals surface area (Å²) in [4.78, 5) is 0. The highest BCUT2D eigenvalue weighted by Gasteiger charge is 2.42. The van der Waals surface area contributed by atoms with E-state index < -0.39 is 8.32 Å². The topological polar surface area (TPSA) is 83.1 Å². The molecule has 0 N–H and O–H groups in total. The Morgan fingerprint density at radius 1 is 0.518 bits per heavy atom. The van der Waals surface area contributed by atoms with Crippen LogP contribution in [0.4, 0.5) is 0 Å². The first kappa shape index (κ1) is 52.0. The first-order chi connectivity index (χ1) is 27.1. The third-order valence-electron chi connectivity index (χ3n) is 12.7. The molecule has 0 aromatic heterocycles. The third-order valence-corrected chi connectivity index (χ3v) is 17.2. The van der Waals surface area contributed by atoms with Crippen molar-refractivity contribution in [2.75, 3.05) is 48.3 Å². The number of hydrogen-bond acceptors (Lipinski definition) is 9. The molecule has 10 heteroatoms. The number of rotatable bonds is 37. The third kappa shape index (κ3) is 22.5. The number of ether oxygens (including phenoxy) is 8. The van der Waals surface area contributed by atoms with Gasteiger partial charge in [0.2, 0.25) is 0 Å². The molecular weight excluding hydrogens is 725 g/mol. The summed E-state index contributed by atoms with van der Waals surface area (Å²) in [6.07, 6.45) is 30.9. The van der Waals surface area contributed by atoms with Crippen LogP contribution in [0.3, 0.4) is 0 Å². The van der Waals surface area contributed by atoms with Crippen molar-refractivity contribution in [3.05, 3.63) is 0 Å². The minimum absolute atomic E-state index is 0.0730. The van der Waals surface area contributed by atoms with E-state index in [2.05, 4.69) is 40.8 Å². The zero-order chi connectivity index (χ0) is 40.9. The van der Waals surface area contributed by atoms with Crippen molar-refractivity contribution in [3.8, 4) is 0 Å². The van der Waals surface area contributed by atoms with Crippen LogP contribution in [-0.4, -0.2) is 99.4 Å². The molecule has 7 atom stereocenters. The minimum atomic E-state index is -1.69. The molecule has 2 aliphatic rings. The van der Waals surface area contributed by atoms with Crippen molar-refractivity contribution in [1.29, 1.82) is 0 Å². The second-order valence-electron chi connectivity index (χ2n) is 18.4. The van der Waals surface area contributed by atoms with E-state index in [1.807, 2.05) is 0 Å². The van der Waals surface area contributed by atoms with E-state index in [4.69, 9.17) is 42.3 Å². The van der Waals surface area contributed by atoms with E-state index in [-0.39, 0.29) is 47.8 Å². The lowest BCUT2D eigenvalue weighted by molar-refractivity contribution is -0.158. The highest BCUT2D eigenvalue weighted by atomic mass is 28.4. The normalized spacial score (nSPS) is 22.2. The molecule has 0 aromatic rings. The van der Waals surface area contributed by atoms with Gasteiger partial charge in [0.05, 0.1) is 42.7 Å². The zero-order valence-corrected chi connectivity index (χ0v) is 39.2. The van der Waals surface area contributed by atoms with Gasteiger partial charge in [-0.25, -0.2) is 0 Å². The quantitative estimate of drug-likeness (QED) is 0.0346. The van der Waals surface area contributed by atoms with Gasteiger partial charge in [-0.15, -0.1) is 0 Å². The van der Waals surface area contributed by atoms with Gasteiger partial charge in [-0.05, 0) is 75.9 Å². The predicted molar refractivity (Wildman–Crippen MR) is 232 cm³/mol. The van der Waals surface area contributed by atoms with Crippen molar-refractivity contribution >= 4 is 8.32 Å². The van der Waals surface area contributed by atoms with Crippen molar-refractivity contribution in [2.45, 2.75) is 249 Å². The van der Waals surface area contributed by atoms with Crippen LogP contribution >= 0.6 is 0 Å². The Labute approximate surface area is 347 Å². The van der Waals surface area contributed by atoms with Crippen molar-refractivity contribution in [1.82, 2.24) is 0 Å². The summed E-state index contributed by atoms with van der Waals surface area (Å²) in [7, 11) is 3.43. The van der Waals surface area contributed by atoms with E-state index in [0.29, 0.717) is 20.4 Å². The summed E-state index contributed by atoms with van der Waals surface area (Å²) in [6.45, 7) is 15.7. The van der Waals surface area contributed by atoms with Gasteiger partial charge < -0.3 is 42.3 Å². The molecule has 2 heterocycles. The Balaban J connectivity index is 1.63. The molecule has 2 aliphatic heterocycles. The molecule has 9 nitrogen and oxygen atoms in total. The summed E-state index contributed by atoms with van der Waals surface area (Å²) in [5.74, 6) is 0. The molecule has 0 spiro atoms. The summed E-state index contributed by atoms with van der Waals surface area (Å²) in [6, 6.07) is 0. The number of hydrogen-bond donors (Lipinski definition) is 0. The molecule has 56 heavy (non-hydrogen) atoms. The van der Waals surface area contributed by atoms with Crippen LogP contribution in [0.1, 0.15) is 188 Å². The van der Waals surface area contributed by atoms with Crippen LogP contribution in [0.15, 0.2) is 0 Å². The van der Waals surface area contributed by atoms with Crippen LogP contribution < -0.4 is 0 Å². The highest BCUT2D eigenvalue weighted by Crippen LogP contribution is 2.37. The van der Waals surface area contributed by atoms with Crippen LogP contribution in [0.25, 0.3) is 0 Å². The fraction of sp³-hybridized carbons (Fsp3) is 1.00. The summed E-state index contributed by atoms with van der Waals surface area (Å²) < 4.78 is 54.0. The van der Waals surface area contributed by atoms with Gasteiger partial charge >= 0.3 is 0 Å². The SMILES string of the molecule is CCCCCCCCCC[C@H](OCOC)[C@H]1CC[C@H]([C@H]2CC[C@H]([C@@H](CCCCCCCCCC[C@H](CCCO[Si](C)(C)C(C)(C)C)OCOC)OCOC)O2)O1. The maximum absolute atomic E-state index is 6.70. The standard InChI is InChI=1S/C46H92O9Si/c1-10-11-12-13-14-18-21-24-29-40(51-37-48-6)42-31-33-44(54-42)45-34-32-43(55-45)41(52-38-49-7)30-25-22-19-16-15-17-20-23-27-39(50-36-47-5)28-26-35-53-56(8,9)46(2,3)4/h39-45H,10-38H2,1-9H3/t39-,40+,41-,42-,43-,44-,45-/m1/s1. The Bertz CT molecular complexity index is 902. The van der Waals surface area contributed by atoms with Crippen LogP contribution in [0.5, 0.6) is 0 Å². The molecule has 0 aromatic carbocycles. The Morgan fingerprint density at radius 3 is 1.34 bits per heavy atom. The van der Waals surface area contributed by atoms with E-state index in [0.717, 1.165) is 70.8 Å². The predicted octanol–water partition coefficient (Wildman–Crippen LogP) is 12.3. The molecule has 0 radical (unpaired) electrons. The summed E-state index contributed by atoms with van der Waals surface area (Å²) in [5, 5.41) is 0.252. The smallest absolute Gasteiger partial charge is 0.191 e. The Kier molecular flexibility index (Phi) is 29.4. The molecule has 2 rings (SSSR count). The fourth-order valence-corrected chi connectivity index (χ4v) is 9.21. The molecule has 2 saturated heterocycles. The highest BCUT2D eigenvalue weighted by molar-refractivity contribution is 6.74. The lowest BCUT2D eigenvalue weighted by Crippen LogP contribution is -2.41. The van der Waals surface area contributed by atoms with E-state index in [1.165, 1.54) is 96.3 Å². The van der Waals surface area contributed by atoms with Gasteiger partial charge in [0, 0.05) is 27.9 Å². The van der Waals surface area contributed by atoms with Gasteiger partial charge in [-0.2, -0.15) is 0 Å². The molecule has 0 bridgehead atoms. The second kappa shape index (κ2) is 31.7. The van der Waals surface area contributed by atoms with E-state index >= 15 is 0 Å². The first-order valence-electron chi connectivity index (χ1n) is 23.3. The Hall–Kier alpha value is -0.143. The average Bonchev–Trinajstić information content (AvgIpc) is 3.87. The van der Waals surface area contributed by atoms with Gasteiger partial charge in [0.15, 0.2) is 8.32 Å². The molecule has 334 valence electrons. The average molecular weight is 817 g/mol. The molecular formula is C46H92O9Si. The Morgan fingerprint density at radius 2 is 0.911 bits per heavy atom. The van der Waals surface area contributed by atoms with Gasteiger partial charge in [0.25, 0.3) is 0 Å². The largest absolute Gasteiger partial charge is 0.417 e. The molecule has 2 fully saturated rings. The number of methoxy groups -OCH3 is 3. The summed E-state index contributed by atoms with van der Waals surface area (Å²) in [5.41, 5.74) is 0. The lowest BCUT2D eigenvalue weighted by Gasteiger charge is -2.36. The lowest BCUT2D eigenvalue weighted by atomic mass is 10.00. The van der Waals surface area contributed by atoms with Crippen LogP contribution in [-0.2, 0) is 42.3 Å². The minimum Gasteiger partial charge on any atom is -0.417 e. The molecule has 0 aliphatic carbocycles. The van der Waals surface area contributed by atoms with Gasteiger partial charge in [0.1, 0.15) is 20.4 Å². The maximum atomic E-state index is 6.70. The zero-order valence-electron chi connectivity index (χ0n) is 38.2. The van der Waals surface area contributed by atoms with Crippen molar-refractivity contribution in [3.63, 3.8) is 0 Å². The van der Waals surface area contributed by atoms with Crippen LogP contribution in [0, 0.1) is 0 Å². The van der Waals surface area contributed by atoms with Crippen molar-refractivity contribution < 1.29 is 42.3 Å². The maximum Gasteiger partial charge on any atom is 0.191 e. The fourth-order valence-electron chi connectivity index (χ4n) is 8.12. The molecule has 0 amide bonds. The first-order valence-corrected chi connectivity index (χ1v) is 26.2. The number of unbranched alkanes of at least 4 members (excludes halogenated alkanes) is 14. The second-order valence-corrected chi connectivity index (χ2v) is 23.2. The molecule has 0 unspecified atom stereocenters. The summed E-state index contributed by atoms with van der Waals surface area (Å²) >= 11 is 0. The van der Waals surface area contributed by atoms with Crippen LogP contribution in [0.2, 0.25) is 18.1 Å². The van der Waals surface area contributed by atoms with Gasteiger partial charge in [-0.1, -0.05) is 130 Å². The van der Waals surface area contributed by atoms with E-state index in [1.54, 1.807) is 21.3 Å².